The first-order valence-electron chi connectivity index (χ1n) is 10.1. The SMILES string of the molecule is Cc1c(CN(Cc2ccccn2)C(=O)c2ccccc2)c(=O)n(-c2ccccc2)n1C. The van der Waals surface area contributed by atoms with Gasteiger partial charge in [0.15, 0.2) is 0 Å². The fourth-order valence-electron chi connectivity index (χ4n) is 3.65. The molecule has 0 unspecified atom stereocenters. The molecule has 31 heavy (non-hydrogen) atoms. The normalized spacial score (nSPS) is 10.8. The van der Waals surface area contributed by atoms with Crippen molar-refractivity contribution in [3.63, 3.8) is 0 Å². The van der Waals surface area contributed by atoms with Crippen LogP contribution in [0.25, 0.3) is 5.69 Å². The molecule has 6 heteroatoms. The zero-order chi connectivity index (χ0) is 21.8. The predicted octanol–water partition coefficient (Wildman–Crippen LogP) is 3.72. The lowest BCUT2D eigenvalue weighted by Crippen LogP contribution is -2.33. The van der Waals surface area contributed by atoms with Crippen LogP contribution in [0.2, 0.25) is 0 Å². The Morgan fingerprint density at radius 1 is 0.903 bits per heavy atom. The number of hydrogen-bond donors (Lipinski definition) is 0. The van der Waals surface area contributed by atoms with E-state index in [9.17, 15) is 9.59 Å². The van der Waals surface area contributed by atoms with Crippen molar-refractivity contribution >= 4 is 5.91 Å². The van der Waals surface area contributed by atoms with Crippen LogP contribution >= 0.6 is 0 Å². The molecule has 0 saturated heterocycles. The topological polar surface area (TPSA) is 60.1 Å². The Hall–Kier alpha value is -3.93. The maximum atomic E-state index is 13.3. The summed E-state index contributed by atoms with van der Waals surface area (Å²) in [6.45, 7) is 2.42. The molecule has 0 atom stereocenters. The molecule has 4 aromatic rings. The average Bonchev–Trinajstić information content (AvgIpc) is 3.03. The summed E-state index contributed by atoms with van der Waals surface area (Å²) in [6, 6.07) is 24.2. The van der Waals surface area contributed by atoms with Crippen molar-refractivity contribution < 1.29 is 4.79 Å². The number of aromatic nitrogens is 3. The van der Waals surface area contributed by atoms with Gasteiger partial charge >= 0.3 is 0 Å². The van der Waals surface area contributed by atoms with E-state index in [4.69, 9.17) is 0 Å². The Balaban J connectivity index is 1.74. The minimum Gasteiger partial charge on any atom is -0.328 e. The highest BCUT2D eigenvalue weighted by molar-refractivity contribution is 5.94. The zero-order valence-corrected chi connectivity index (χ0v) is 17.6. The summed E-state index contributed by atoms with van der Waals surface area (Å²) < 4.78 is 3.47. The number of carbonyl (C=O) groups is 1. The van der Waals surface area contributed by atoms with Crippen LogP contribution in [0.3, 0.4) is 0 Å². The van der Waals surface area contributed by atoms with Crippen LogP contribution in [-0.4, -0.2) is 25.2 Å². The van der Waals surface area contributed by atoms with Gasteiger partial charge in [-0.1, -0.05) is 42.5 Å². The summed E-state index contributed by atoms with van der Waals surface area (Å²) in [5.74, 6) is -0.139. The van der Waals surface area contributed by atoms with Gasteiger partial charge in [-0.25, -0.2) is 4.68 Å². The third kappa shape index (κ3) is 4.19. The van der Waals surface area contributed by atoms with Crippen LogP contribution in [0.1, 0.15) is 27.3 Å². The van der Waals surface area contributed by atoms with Gasteiger partial charge in [0.25, 0.3) is 11.5 Å². The molecule has 0 aliphatic rings. The largest absolute Gasteiger partial charge is 0.328 e. The van der Waals surface area contributed by atoms with E-state index in [1.165, 1.54) is 0 Å². The van der Waals surface area contributed by atoms with Gasteiger partial charge in [-0.15, -0.1) is 0 Å². The highest BCUT2D eigenvalue weighted by Crippen LogP contribution is 2.16. The van der Waals surface area contributed by atoms with Crippen molar-refractivity contribution in [1.82, 2.24) is 19.2 Å². The molecule has 0 fully saturated rings. The second kappa shape index (κ2) is 8.83. The number of nitrogens with zero attached hydrogens (tertiary/aromatic N) is 4. The quantitative estimate of drug-likeness (QED) is 0.485. The van der Waals surface area contributed by atoms with Gasteiger partial charge in [-0.2, -0.15) is 0 Å². The van der Waals surface area contributed by atoms with Gasteiger partial charge in [0.05, 0.1) is 30.0 Å². The van der Waals surface area contributed by atoms with Crippen LogP contribution in [0.15, 0.2) is 89.9 Å². The number of rotatable bonds is 6. The van der Waals surface area contributed by atoms with Gasteiger partial charge < -0.3 is 4.90 Å². The van der Waals surface area contributed by atoms with Crippen LogP contribution in [0, 0.1) is 6.92 Å². The summed E-state index contributed by atoms with van der Waals surface area (Å²) >= 11 is 0. The first kappa shape index (κ1) is 20.3. The van der Waals surface area contributed by atoms with Crippen molar-refractivity contribution in [2.45, 2.75) is 20.0 Å². The summed E-state index contributed by atoms with van der Waals surface area (Å²) in [6.07, 6.45) is 1.71. The van der Waals surface area contributed by atoms with Gasteiger partial charge in [0.2, 0.25) is 0 Å². The van der Waals surface area contributed by atoms with Crippen LogP contribution in [0.5, 0.6) is 0 Å². The van der Waals surface area contributed by atoms with Crippen LogP contribution in [-0.2, 0) is 20.1 Å². The zero-order valence-electron chi connectivity index (χ0n) is 17.6. The number of benzene rings is 2. The number of amides is 1. The van der Waals surface area contributed by atoms with Gasteiger partial charge in [0, 0.05) is 24.5 Å². The summed E-state index contributed by atoms with van der Waals surface area (Å²) in [4.78, 5) is 32.7. The Labute approximate surface area is 181 Å². The van der Waals surface area contributed by atoms with Gasteiger partial charge in [0.1, 0.15) is 0 Å². The smallest absolute Gasteiger partial charge is 0.276 e. The molecule has 6 nitrogen and oxygen atoms in total. The minimum atomic E-state index is -0.139. The van der Waals surface area contributed by atoms with E-state index in [0.717, 1.165) is 17.1 Å². The maximum absolute atomic E-state index is 13.3. The molecule has 156 valence electrons. The number of pyridine rings is 1. The lowest BCUT2D eigenvalue weighted by atomic mass is 10.1. The molecular formula is C25H24N4O2. The highest BCUT2D eigenvalue weighted by atomic mass is 16.2. The molecule has 2 heterocycles. The number of carbonyl (C=O) groups excluding carboxylic acids is 1. The molecule has 0 bridgehead atoms. The third-order valence-corrected chi connectivity index (χ3v) is 5.41. The Morgan fingerprint density at radius 3 is 2.19 bits per heavy atom. The molecular weight excluding hydrogens is 388 g/mol. The van der Waals surface area contributed by atoms with Crippen molar-refractivity contribution in [3.8, 4) is 5.69 Å². The molecule has 4 rings (SSSR count). The van der Waals surface area contributed by atoms with E-state index in [2.05, 4.69) is 4.98 Å². The number of para-hydroxylation sites is 1. The van der Waals surface area contributed by atoms with Crippen molar-refractivity contribution in [1.29, 1.82) is 0 Å². The molecule has 0 aliphatic heterocycles. The van der Waals surface area contributed by atoms with Gasteiger partial charge in [-0.3, -0.25) is 19.3 Å². The molecule has 2 aromatic carbocycles. The molecule has 0 saturated carbocycles. The molecule has 0 spiro atoms. The van der Waals surface area contributed by atoms with E-state index in [1.807, 2.05) is 85.4 Å². The van der Waals surface area contributed by atoms with E-state index >= 15 is 0 Å². The minimum absolute atomic E-state index is 0.127. The second-order valence-electron chi connectivity index (χ2n) is 7.39. The standard InChI is InChI=1S/C25H24N4O2/c1-19-23(25(31)29(27(19)2)22-14-7-4-8-15-22)18-28(17-21-13-9-10-16-26-21)24(30)20-11-5-3-6-12-20/h3-16H,17-18H2,1-2H3. The Bertz CT molecular complexity index is 1230. The monoisotopic (exact) mass is 412 g/mol. The fourth-order valence-corrected chi connectivity index (χ4v) is 3.65. The van der Waals surface area contributed by atoms with Gasteiger partial charge in [-0.05, 0) is 43.3 Å². The summed E-state index contributed by atoms with van der Waals surface area (Å²) in [7, 11) is 1.86. The van der Waals surface area contributed by atoms with Crippen molar-refractivity contribution in [2.24, 2.45) is 7.05 Å². The van der Waals surface area contributed by atoms with E-state index in [0.29, 0.717) is 17.7 Å². The fraction of sp³-hybridized carbons (Fsp3) is 0.160. The van der Waals surface area contributed by atoms with Crippen LogP contribution < -0.4 is 5.56 Å². The van der Waals surface area contributed by atoms with E-state index < -0.39 is 0 Å². The summed E-state index contributed by atoms with van der Waals surface area (Å²) in [5.41, 5.74) is 3.42. The van der Waals surface area contributed by atoms with E-state index in [-0.39, 0.29) is 18.0 Å². The first-order chi connectivity index (χ1) is 15.1. The maximum Gasteiger partial charge on any atom is 0.276 e. The summed E-state index contributed by atoms with van der Waals surface area (Å²) in [5, 5.41) is 0. The lowest BCUT2D eigenvalue weighted by Gasteiger charge is -2.22. The first-order valence-corrected chi connectivity index (χ1v) is 10.1. The Kier molecular flexibility index (Phi) is 5.80. The highest BCUT2D eigenvalue weighted by Gasteiger charge is 2.23. The molecule has 0 aliphatic carbocycles. The average molecular weight is 412 g/mol. The Morgan fingerprint density at radius 2 is 1.55 bits per heavy atom. The molecule has 0 N–H and O–H groups in total. The third-order valence-electron chi connectivity index (χ3n) is 5.41. The van der Waals surface area contributed by atoms with E-state index in [1.54, 1.807) is 27.9 Å². The van der Waals surface area contributed by atoms with Crippen LogP contribution in [0.4, 0.5) is 0 Å². The van der Waals surface area contributed by atoms with Crippen molar-refractivity contribution in [3.05, 3.63) is 118 Å². The number of hydrogen-bond acceptors (Lipinski definition) is 3. The van der Waals surface area contributed by atoms with Crippen molar-refractivity contribution in [2.75, 3.05) is 0 Å². The molecule has 0 radical (unpaired) electrons. The lowest BCUT2D eigenvalue weighted by molar-refractivity contribution is 0.0727. The molecule has 1 amide bonds. The predicted molar refractivity (Wildman–Crippen MR) is 120 cm³/mol. The molecule has 2 aromatic heterocycles. The second-order valence-corrected chi connectivity index (χ2v) is 7.39.